The van der Waals surface area contributed by atoms with E-state index in [0.29, 0.717) is 40.2 Å². The molecular formula is C17H17F4N3S. The lowest BCUT2D eigenvalue weighted by Gasteiger charge is -2.12. The molecule has 25 heavy (non-hydrogen) atoms. The molecule has 0 spiro atoms. The Morgan fingerprint density at radius 3 is 2.68 bits per heavy atom. The number of alkyl halides is 3. The molecule has 1 heterocycles. The van der Waals surface area contributed by atoms with Gasteiger partial charge in [-0.15, -0.1) is 11.8 Å². The van der Waals surface area contributed by atoms with Crippen LogP contribution < -0.4 is 5.32 Å². The van der Waals surface area contributed by atoms with E-state index in [2.05, 4.69) is 15.3 Å². The van der Waals surface area contributed by atoms with Gasteiger partial charge in [-0.05, 0) is 43.7 Å². The summed E-state index contributed by atoms with van der Waals surface area (Å²) in [4.78, 5) is 8.60. The largest absolute Gasteiger partial charge is 0.398 e. The van der Waals surface area contributed by atoms with E-state index in [-0.39, 0.29) is 5.69 Å². The minimum absolute atomic E-state index is 0.0184. The molecule has 8 heteroatoms. The van der Waals surface area contributed by atoms with Crippen molar-refractivity contribution in [3.8, 4) is 0 Å². The molecular weight excluding hydrogens is 354 g/mol. The zero-order valence-corrected chi connectivity index (χ0v) is 14.5. The number of amidine groups is 1. The Morgan fingerprint density at radius 2 is 2.08 bits per heavy atom. The van der Waals surface area contributed by atoms with Gasteiger partial charge in [0.2, 0.25) is 0 Å². The number of thioether (sulfide) groups is 1. The van der Waals surface area contributed by atoms with Gasteiger partial charge in [-0.3, -0.25) is 4.98 Å². The minimum Gasteiger partial charge on any atom is -0.370 e. The van der Waals surface area contributed by atoms with Crippen molar-refractivity contribution in [3.63, 3.8) is 0 Å². The van der Waals surface area contributed by atoms with E-state index in [1.807, 2.05) is 6.92 Å². The highest BCUT2D eigenvalue weighted by Crippen LogP contribution is 2.33. The van der Waals surface area contributed by atoms with Crippen LogP contribution in [0.1, 0.15) is 18.1 Å². The Bertz CT molecular complexity index is 746. The smallest absolute Gasteiger partial charge is 0.370 e. The summed E-state index contributed by atoms with van der Waals surface area (Å²) in [7, 11) is 0. The lowest BCUT2D eigenvalue weighted by molar-refractivity contribution is -0.105. The van der Waals surface area contributed by atoms with Crippen LogP contribution in [0.15, 0.2) is 46.5 Å². The molecule has 0 unspecified atom stereocenters. The van der Waals surface area contributed by atoms with Crippen LogP contribution >= 0.6 is 11.8 Å². The monoisotopic (exact) mass is 371 g/mol. The maximum absolute atomic E-state index is 14.2. The lowest BCUT2D eigenvalue weighted by Crippen LogP contribution is -2.24. The Morgan fingerprint density at radius 1 is 1.32 bits per heavy atom. The molecule has 1 aromatic heterocycles. The molecule has 0 fully saturated rings. The first kappa shape index (κ1) is 19.2. The summed E-state index contributed by atoms with van der Waals surface area (Å²) in [5, 5.41) is 3.02. The molecule has 1 aromatic carbocycles. The van der Waals surface area contributed by atoms with Crippen molar-refractivity contribution >= 4 is 23.3 Å². The molecule has 0 atom stereocenters. The molecule has 1 N–H and O–H groups in total. The van der Waals surface area contributed by atoms with E-state index >= 15 is 0 Å². The van der Waals surface area contributed by atoms with Crippen molar-refractivity contribution in [2.75, 3.05) is 12.3 Å². The van der Waals surface area contributed by atoms with Gasteiger partial charge in [0.05, 0.1) is 5.75 Å². The number of rotatable bonds is 5. The zero-order valence-electron chi connectivity index (χ0n) is 13.7. The number of halogens is 4. The average molecular weight is 371 g/mol. The molecule has 0 saturated carbocycles. The first-order valence-electron chi connectivity index (χ1n) is 7.53. The summed E-state index contributed by atoms with van der Waals surface area (Å²) in [6.45, 7) is 3.99. The Balaban J connectivity index is 2.39. The van der Waals surface area contributed by atoms with Gasteiger partial charge in [-0.2, -0.15) is 13.2 Å². The summed E-state index contributed by atoms with van der Waals surface area (Å²) in [5.74, 6) is -1.22. The molecule has 0 aliphatic heterocycles. The highest BCUT2D eigenvalue weighted by atomic mass is 32.2. The van der Waals surface area contributed by atoms with Gasteiger partial charge < -0.3 is 5.32 Å². The SMILES string of the molecule is CCN/C(=N\c1cc(SCC(F)(F)F)c(C)cc1F)c1cccnc1. The number of hydrogen-bond acceptors (Lipinski definition) is 3. The second kappa shape index (κ2) is 8.33. The van der Waals surface area contributed by atoms with Gasteiger partial charge in [0.15, 0.2) is 0 Å². The van der Waals surface area contributed by atoms with Crippen LogP contribution in [0.2, 0.25) is 0 Å². The van der Waals surface area contributed by atoms with Gasteiger partial charge in [0, 0.05) is 29.4 Å². The molecule has 0 amide bonds. The van der Waals surface area contributed by atoms with Crippen molar-refractivity contribution < 1.29 is 17.6 Å². The maximum atomic E-state index is 14.2. The molecule has 0 aliphatic carbocycles. The van der Waals surface area contributed by atoms with Gasteiger partial charge in [0.25, 0.3) is 0 Å². The fraction of sp³-hybridized carbons (Fsp3) is 0.294. The Labute approximate surface area is 147 Å². The summed E-state index contributed by atoms with van der Waals surface area (Å²) in [6.07, 6.45) is -1.11. The highest BCUT2D eigenvalue weighted by molar-refractivity contribution is 7.99. The summed E-state index contributed by atoms with van der Waals surface area (Å²) < 4.78 is 51.6. The van der Waals surface area contributed by atoms with Crippen LogP contribution in [-0.2, 0) is 0 Å². The second-order valence-corrected chi connectivity index (χ2v) is 6.22. The summed E-state index contributed by atoms with van der Waals surface area (Å²) in [5.41, 5.74) is 1.08. The van der Waals surface area contributed by atoms with Gasteiger partial charge >= 0.3 is 6.18 Å². The quantitative estimate of drug-likeness (QED) is 0.353. The third-order valence-electron chi connectivity index (χ3n) is 3.15. The number of nitrogens with one attached hydrogen (secondary N) is 1. The van der Waals surface area contributed by atoms with E-state index in [1.165, 1.54) is 12.1 Å². The van der Waals surface area contributed by atoms with Crippen molar-refractivity contribution in [2.24, 2.45) is 4.99 Å². The third-order valence-corrected chi connectivity index (χ3v) is 4.37. The zero-order chi connectivity index (χ0) is 18.4. The predicted octanol–water partition coefficient (Wildman–Crippen LogP) is 4.87. The van der Waals surface area contributed by atoms with Gasteiger partial charge in [0.1, 0.15) is 17.3 Å². The van der Waals surface area contributed by atoms with Crippen molar-refractivity contribution in [2.45, 2.75) is 24.9 Å². The van der Waals surface area contributed by atoms with Gasteiger partial charge in [-0.25, -0.2) is 9.38 Å². The molecule has 2 rings (SSSR count). The Kier molecular flexibility index (Phi) is 6.41. The molecule has 0 saturated heterocycles. The lowest BCUT2D eigenvalue weighted by atomic mass is 10.2. The van der Waals surface area contributed by atoms with Crippen LogP contribution in [0.25, 0.3) is 0 Å². The number of aryl methyl sites for hydroxylation is 1. The molecule has 0 radical (unpaired) electrons. The van der Waals surface area contributed by atoms with Crippen LogP contribution in [0.4, 0.5) is 23.2 Å². The fourth-order valence-electron chi connectivity index (χ4n) is 2.04. The van der Waals surface area contributed by atoms with Gasteiger partial charge in [-0.1, -0.05) is 0 Å². The molecule has 2 aromatic rings. The molecule has 134 valence electrons. The number of aromatic nitrogens is 1. The molecule has 0 bridgehead atoms. The van der Waals surface area contributed by atoms with E-state index < -0.39 is 17.7 Å². The Hall–Kier alpha value is -2.09. The van der Waals surface area contributed by atoms with Crippen LogP contribution in [-0.4, -0.2) is 29.3 Å². The average Bonchev–Trinajstić information content (AvgIpc) is 2.55. The van der Waals surface area contributed by atoms with Crippen molar-refractivity contribution in [1.29, 1.82) is 0 Å². The van der Waals surface area contributed by atoms with E-state index in [0.717, 1.165) is 0 Å². The van der Waals surface area contributed by atoms with E-state index in [4.69, 9.17) is 0 Å². The van der Waals surface area contributed by atoms with Crippen LogP contribution in [0, 0.1) is 12.7 Å². The summed E-state index contributed by atoms with van der Waals surface area (Å²) >= 11 is 0.619. The fourth-order valence-corrected chi connectivity index (χ4v) is 2.84. The van der Waals surface area contributed by atoms with E-state index in [9.17, 15) is 17.6 Å². The van der Waals surface area contributed by atoms with Crippen LogP contribution in [0.3, 0.4) is 0 Å². The second-order valence-electron chi connectivity index (χ2n) is 5.21. The topological polar surface area (TPSA) is 37.3 Å². The maximum Gasteiger partial charge on any atom is 0.398 e. The number of pyridine rings is 1. The third kappa shape index (κ3) is 5.74. The first-order chi connectivity index (χ1) is 11.8. The molecule has 0 aliphatic rings. The molecule has 3 nitrogen and oxygen atoms in total. The number of aliphatic imine (C=N–C) groups is 1. The number of nitrogens with zero attached hydrogens (tertiary/aromatic N) is 2. The van der Waals surface area contributed by atoms with Crippen molar-refractivity contribution in [3.05, 3.63) is 53.6 Å². The minimum atomic E-state index is -4.29. The van der Waals surface area contributed by atoms with E-state index in [1.54, 1.807) is 31.5 Å². The predicted molar refractivity (Wildman–Crippen MR) is 92.0 cm³/mol. The number of benzene rings is 1. The first-order valence-corrected chi connectivity index (χ1v) is 8.51. The normalized spacial score (nSPS) is 12.3. The summed E-state index contributed by atoms with van der Waals surface area (Å²) in [6, 6.07) is 6.03. The van der Waals surface area contributed by atoms with Crippen molar-refractivity contribution in [1.82, 2.24) is 10.3 Å². The highest BCUT2D eigenvalue weighted by Gasteiger charge is 2.27. The standard InChI is InChI=1S/C17H17F4N3S/c1-3-23-16(12-5-4-6-22-9-12)24-14-8-15(11(2)7-13(14)18)25-10-17(19,20)21/h4-9H,3,10H2,1-2H3,(H,23,24). The van der Waals surface area contributed by atoms with Crippen LogP contribution in [0.5, 0.6) is 0 Å². The number of hydrogen-bond donors (Lipinski definition) is 1.